The normalized spacial score (nSPS) is 10.1. The van der Waals surface area contributed by atoms with Gasteiger partial charge >= 0.3 is 0 Å². The number of anilines is 1. The molecule has 1 heterocycles. The number of carbonyl (C=O) groups is 1. The standard InChI is InChI=1S/C17H20N2O3/c1-3-10-21-14-4-6-15(7-5-14)22-12-17(20)19-16-11-13(2)8-9-18-16/h4-9,11H,3,10,12H2,1-2H3,(H,18,19,20). The first kappa shape index (κ1) is 15.8. The van der Waals surface area contributed by atoms with E-state index in [0.29, 0.717) is 18.2 Å². The Balaban J connectivity index is 1.80. The summed E-state index contributed by atoms with van der Waals surface area (Å²) < 4.78 is 10.9. The summed E-state index contributed by atoms with van der Waals surface area (Å²) in [7, 11) is 0. The van der Waals surface area contributed by atoms with Crippen molar-refractivity contribution in [3.8, 4) is 11.5 Å². The highest BCUT2D eigenvalue weighted by atomic mass is 16.5. The van der Waals surface area contributed by atoms with E-state index in [1.165, 1.54) is 0 Å². The van der Waals surface area contributed by atoms with E-state index in [-0.39, 0.29) is 12.5 Å². The van der Waals surface area contributed by atoms with Crippen LogP contribution in [0.15, 0.2) is 42.6 Å². The van der Waals surface area contributed by atoms with Crippen molar-refractivity contribution in [3.63, 3.8) is 0 Å². The molecule has 0 aliphatic heterocycles. The first-order chi connectivity index (χ1) is 10.7. The minimum atomic E-state index is -0.246. The van der Waals surface area contributed by atoms with Crippen LogP contribution in [0, 0.1) is 6.92 Å². The second kappa shape index (κ2) is 8.02. The third-order valence-corrected chi connectivity index (χ3v) is 2.85. The SMILES string of the molecule is CCCOc1ccc(OCC(=O)Nc2cc(C)ccn2)cc1. The molecule has 5 nitrogen and oxygen atoms in total. The highest BCUT2D eigenvalue weighted by Gasteiger charge is 2.05. The maximum atomic E-state index is 11.8. The molecule has 2 rings (SSSR count). The third kappa shape index (κ3) is 5.09. The van der Waals surface area contributed by atoms with Gasteiger partial charge in [-0.2, -0.15) is 0 Å². The van der Waals surface area contributed by atoms with E-state index in [0.717, 1.165) is 17.7 Å². The molecule has 1 aromatic carbocycles. The van der Waals surface area contributed by atoms with Crippen molar-refractivity contribution < 1.29 is 14.3 Å². The van der Waals surface area contributed by atoms with Crippen molar-refractivity contribution in [1.82, 2.24) is 4.98 Å². The van der Waals surface area contributed by atoms with Gasteiger partial charge in [0.2, 0.25) is 0 Å². The van der Waals surface area contributed by atoms with Gasteiger partial charge in [-0.05, 0) is 55.3 Å². The summed E-state index contributed by atoms with van der Waals surface area (Å²) in [4.78, 5) is 15.9. The molecule has 0 aliphatic rings. The molecule has 0 spiro atoms. The van der Waals surface area contributed by atoms with E-state index >= 15 is 0 Å². The van der Waals surface area contributed by atoms with Crippen molar-refractivity contribution >= 4 is 11.7 Å². The fourth-order valence-electron chi connectivity index (χ4n) is 1.78. The van der Waals surface area contributed by atoms with Crippen molar-refractivity contribution in [2.75, 3.05) is 18.5 Å². The van der Waals surface area contributed by atoms with Crippen LogP contribution in [0.4, 0.5) is 5.82 Å². The molecule has 1 N–H and O–H groups in total. The Morgan fingerprint density at radius 3 is 2.45 bits per heavy atom. The van der Waals surface area contributed by atoms with Crippen LogP contribution in [-0.4, -0.2) is 24.1 Å². The maximum absolute atomic E-state index is 11.8. The first-order valence-electron chi connectivity index (χ1n) is 7.25. The van der Waals surface area contributed by atoms with Crippen molar-refractivity contribution in [2.24, 2.45) is 0 Å². The number of carbonyl (C=O) groups excluding carboxylic acids is 1. The van der Waals surface area contributed by atoms with Crippen LogP contribution in [0.1, 0.15) is 18.9 Å². The lowest BCUT2D eigenvalue weighted by atomic mass is 10.3. The zero-order valence-electron chi connectivity index (χ0n) is 12.8. The lowest BCUT2D eigenvalue weighted by Crippen LogP contribution is -2.20. The largest absolute Gasteiger partial charge is 0.494 e. The molecule has 0 aliphatic carbocycles. The highest BCUT2D eigenvalue weighted by molar-refractivity contribution is 5.90. The lowest BCUT2D eigenvalue weighted by Gasteiger charge is -2.08. The molecule has 22 heavy (non-hydrogen) atoms. The third-order valence-electron chi connectivity index (χ3n) is 2.85. The van der Waals surface area contributed by atoms with Gasteiger partial charge in [0.15, 0.2) is 6.61 Å². The number of benzene rings is 1. The molecule has 0 saturated heterocycles. The molecular formula is C17H20N2O3. The Bertz CT molecular complexity index is 612. The fraction of sp³-hybridized carbons (Fsp3) is 0.294. The van der Waals surface area contributed by atoms with Crippen LogP contribution >= 0.6 is 0 Å². The minimum Gasteiger partial charge on any atom is -0.494 e. The van der Waals surface area contributed by atoms with Crippen LogP contribution in [0.25, 0.3) is 0 Å². The van der Waals surface area contributed by atoms with Gasteiger partial charge in [-0.3, -0.25) is 4.79 Å². The molecule has 1 aromatic heterocycles. The monoisotopic (exact) mass is 300 g/mol. The summed E-state index contributed by atoms with van der Waals surface area (Å²) in [5.41, 5.74) is 1.04. The van der Waals surface area contributed by atoms with Crippen molar-refractivity contribution in [3.05, 3.63) is 48.2 Å². The Hall–Kier alpha value is -2.56. The van der Waals surface area contributed by atoms with Crippen LogP contribution in [-0.2, 0) is 4.79 Å². The maximum Gasteiger partial charge on any atom is 0.263 e. The molecular weight excluding hydrogens is 280 g/mol. The molecule has 1 amide bonds. The predicted molar refractivity (Wildman–Crippen MR) is 85.3 cm³/mol. The van der Waals surface area contributed by atoms with Gasteiger partial charge in [-0.25, -0.2) is 4.98 Å². The summed E-state index contributed by atoms with van der Waals surface area (Å²) in [6.45, 7) is 4.62. The molecule has 0 fully saturated rings. The second-order valence-corrected chi connectivity index (χ2v) is 4.88. The fourth-order valence-corrected chi connectivity index (χ4v) is 1.78. The van der Waals surface area contributed by atoms with Crippen molar-refractivity contribution in [2.45, 2.75) is 20.3 Å². The Labute approximate surface area is 130 Å². The predicted octanol–water partition coefficient (Wildman–Crippen LogP) is 3.20. The van der Waals surface area contributed by atoms with Gasteiger partial charge in [-0.1, -0.05) is 6.92 Å². The Morgan fingerprint density at radius 2 is 1.82 bits per heavy atom. The van der Waals surface area contributed by atoms with Crippen LogP contribution < -0.4 is 14.8 Å². The van der Waals surface area contributed by atoms with Gasteiger partial charge in [-0.15, -0.1) is 0 Å². The summed E-state index contributed by atoms with van der Waals surface area (Å²) in [5, 5.41) is 2.69. The summed E-state index contributed by atoms with van der Waals surface area (Å²) >= 11 is 0. The molecule has 116 valence electrons. The molecule has 0 saturated carbocycles. The quantitative estimate of drug-likeness (QED) is 0.853. The van der Waals surface area contributed by atoms with Gasteiger partial charge in [0, 0.05) is 6.20 Å². The number of nitrogens with one attached hydrogen (secondary N) is 1. The smallest absolute Gasteiger partial charge is 0.263 e. The van der Waals surface area contributed by atoms with E-state index in [1.54, 1.807) is 24.4 Å². The number of amides is 1. The van der Waals surface area contributed by atoms with E-state index in [9.17, 15) is 4.79 Å². The first-order valence-corrected chi connectivity index (χ1v) is 7.25. The van der Waals surface area contributed by atoms with E-state index < -0.39 is 0 Å². The lowest BCUT2D eigenvalue weighted by molar-refractivity contribution is -0.118. The average Bonchev–Trinajstić information content (AvgIpc) is 2.52. The van der Waals surface area contributed by atoms with Gasteiger partial charge in [0.05, 0.1) is 6.61 Å². The number of hydrogen-bond donors (Lipinski definition) is 1. The molecule has 0 radical (unpaired) electrons. The topological polar surface area (TPSA) is 60.5 Å². The molecule has 0 atom stereocenters. The number of rotatable bonds is 7. The van der Waals surface area contributed by atoms with Crippen LogP contribution in [0.5, 0.6) is 11.5 Å². The number of aryl methyl sites for hydroxylation is 1. The second-order valence-electron chi connectivity index (χ2n) is 4.88. The van der Waals surface area contributed by atoms with E-state index in [1.807, 2.05) is 25.1 Å². The molecule has 2 aromatic rings. The Morgan fingerprint density at radius 1 is 1.14 bits per heavy atom. The van der Waals surface area contributed by atoms with Crippen molar-refractivity contribution in [1.29, 1.82) is 0 Å². The average molecular weight is 300 g/mol. The Kier molecular flexibility index (Phi) is 5.77. The van der Waals surface area contributed by atoms with Gasteiger partial charge < -0.3 is 14.8 Å². The molecule has 0 bridgehead atoms. The zero-order valence-corrected chi connectivity index (χ0v) is 12.8. The zero-order chi connectivity index (χ0) is 15.8. The summed E-state index contributed by atoms with van der Waals surface area (Å²) in [6, 6.07) is 10.9. The number of ether oxygens (including phenoxy) is 2. The number of aromatic nitrogens is 1. The summed E-state index contributed by atoms with van der Waals surface area (Å²) in [6.07, 6.45) is 2.62. The molecule has 5 heteroatoms. The number of nitrogens with zero attached hydrogens (tertiary/aromatic N) is 1. The minimum absolute atomic E-state index is 0.0647. The van der Waals surface area contributed by atoms with Crippen LogP contribution in [0.2, 0.25) is 0 Å². The van der Waals surface area contributed by atoms with Gasteiger partial charge in [0.25, 0.3) is 5.91 Å². The highest BCUT2D eigenvalue weighted by Crippen LogP contribution is 2.17. The van der Waals surface area contributed by atoms with Gasteiger partial charge in [0.1, 0.15) is 17.3 Å². The van der Waals surface area contributed by atoms with E-state index in [4.69, 9.17) is 9.47 Å². The number of hydrogen-bond acceptors (Lipinski definition) is 4. The number of pyridine rings is 1. The molecule has 0 unspecified atom stereocenters. The van der Waals surface area contributed by atoms with Crippen LogP contribution in [0.3, 0.4) is 0 Å². The van der Waals surface area contributed by atoms with E-state index in [2.05, 4.69) is 17.2 Å². The summed E-state index contributed by atoms with van der Waals surface area (Å²) in [5.74, 6) is 1.69.